The van der Waals surface area contributed by atoms with Gasteiger partial charge in [0.25, 0.3) is 5.91 Å². The molecule has 11 nitrogen and oxygen atoms in total. The molecule has 210 valence electrons. The van der Waals surface area contributed by atoms with Crippen LogP contribution >= 0.6 is 0 Å². The van der Waals surface area contributed by atoms with Crippen LogP contribution in [0.15, 0.2) is 36.7 Å². The number of hydrogen-bond donors (Lipinski definition) is 2. The number of hydrogen-bond acceptors (Lipinski definition) is 10. The van der Waals surface area contributed by atoms with E-state index >= 15 is 0 Å². The third-order valence-electron chi connectivity index (χ3n) is 7.10. The van der Waals surface area contributed by atoms with E-state index in [1.165, 1.54) is 0 Å². The molecule has 4 heterocycles. The van der Waals surface area contributed by atoms with Crippen LogP contribution in [0.5, 0.6) is 0 Å². The number of nitrogens with one attached hydrogen (secondary N) is 1. The Balaban J connectivity index is 1.50. The molecule has 0 atom stereocenters. The van der Waals surface area contributed by atoms with Gasteiger partial charge < -0.3 is 25.6 Å². The van der Waals surface area contributed by atoms with Crippen molar-refractivity contribution < 1.29 is 14.3 Å². The molecule has 0 radical (unpaired) electrons. The number of aryl methyl sites for hydroxylation is 1. The third kappa shape index (κ3) is 5.55. The van der Waals surface area contributed by atoms with E-state index in [0.717, 1.165) is 47.9 Å². The van der Waals surface area contributed by atoms with E-state index in [2.05, 4.69) is 37.1 Å². The zero-order valence-electron chi connectivity index (χ0n) is 23.7. The van der Waals surface area contributed by atoms with Crippen molar-refractivity contribution >= 4 is 35.1 Å². The van der Waals surface area contributed by atoms with E-state index in [0.29, 0.717) is 34.7 Å². The fraction of sp³-hybridized carbons (Fsp3) is 0.414. The highest BCUT2D eigenvalue weighted by Gasteiger charge is 2.39. The summed E-state index contributed by atoms with van der Waals surface area (Å²) in [7, 11) is 2.13. The first-order valence-corrected chi connectivity index (χ1v) is 13.5. The Hall–Kier alpha value is -4.25. The summed E-state index contributed by atoms with van der Waals surface area (Å²) in [5.41, 5.74) is 10.1. The van der Waals surface area contributed by atoms with Crippen molar-refractivity contribution in [3.63, 3.8) is 0 Å². The number of anilines is 4. The van der Waals surface area contributed by atoms with Gasteiger partial charge in [-0.2, -0.15) is 0 Å². The molecule has 0 bridgehead atoms. The summed E-state index contributed by atoms with van der Waals surface area (Å²) in [5, 5.41) is 3.30. The van der Waals surface area contributed by atoms with E-state index < -0.39 is 17.6 Å². The third-order valence-corrected chi connectivity index (χ3v) is 7.10. The van der Waals surface area contributed by atoms with E-state index in [4.69, 9.17) is 10.5 Å². The summed E-state index contributed by atoms with van der Waals surface area (Å²) >= 11 is 0. The zero-order valence-corrected chi connectivity index (χ0v) is 23.7. The highest BCUT2D eigenvalue weighted by atomic mass is 16.6. The molecular formula is C29H36N8O3. The van der Waals surface area contributed by atoms with E-state index in [1.54, 1.807) is 27.0 Å². The summed E-state index contributed by atoms with van der Waals surface area (Å²) in [5.74, 6) is 0.292. The van der Waals surface area contributed by atoms with Crippen LogP contribution in [-0.2, 0) is 17.7 Å². The quantitative estimate of drug-likeness (QED) is 0.485. The minimum absolute atomic E-state index is 0.0523. The monoisotopic (exact) mass is 544 g/mol. The van der Waals surface area contributed by atoms with Crippen molar-refractivity contribution in [2.45, 2.75) is 46.3 Å². The zero-order chi connectivity index (χ0) is 28.6. The molecule has 40 heavy (non-hydrogen) atoms. The maximum Gasteiger partial charge on any atom is 0.417 e. The summed E-state index contributed by atoms with van der Waals surface area (Å²) in [6, 6.07) is 7.64. The first kappa shape index (κ1) is 27.3. The number of fused-ring (bicyclic) bond motifs is 1. The maximum atomic E-state index is 13.7. The van der Waals surface area contributed by atoms with Crippen LogP contribution in [0.3, 0.4) is 0 Å². The first-order chi connectivity index (χ1) is 19.0. The van der Waals surface area contributed by atoms with Gasteiger partial charge in [0.05, 0.1) is 35.4 Å². The number of nitrogens with two attached hydrogens (primary N) is 1. The molecule has 0 spiro atoms. The number of piperazine rings is 1. The lowest BCUT2D eigenvalue weighted by Gasteiger charge is -2.33. The minimum atomic E-state index is -0.748. The van der Waals surface area contributed by atoms with Crippen LogP contribution in [-0.4, -0.2) is 75.6 Å². The van der Waals surface area contributed by atoms with Gasteiger partial charge in [-0.1, -0.05) is 13.0 Å². The topological polar surface area (TPSA) is 130 Å². The summed E-state index contributed by atoms with van der Waals surface area (Å²) in [4.78, 5) is 45.8. The van der Waals surface area contributed by atoms with Gasteiger partial charge in [-0.05, 0) is 63.6 Å². The number of nitrogens with zero attached hydrogens (tertiary/aromatic N) is 6. The Morgan fingerprint density at radius 3 is 2.48 bits per heavy atom. The molecule has 2 aliphatic heterocycles. The molecule has 11 heteroatoms. The normalized spacial score (nSPS) is 15.8. The number of likely N-dealkylation sites (N-methyl/N-ethyl adjacent to an activating group) is 1. The SMILES string of the molecule is CCc1cnc(N)nc1-c1ccc(Nc2ccc(N3CCN(C)CC3)cn2)c2c1CN(C(=O)OC(C)(C)C)C2=O. The van der Waals surface area contributed by atoms with Crippen LogP contribution in [0.1, 0.15) is 49.2 Å². The number of ether oxygens (including phenoxy) is 1. The van der Waals surface area contributed by atoms with Gasteiger partial charge in [-0.15, -0.1) is 0 Å². The highest BCUT2D eigenvalue weighted by molar-refractivity contribution is 6.11. The van der Waals surface area contributed by atoms with E-state index in [9.17, 15) is 9.59 Å². The van der Waals surface area contributed by atoms with Gasteiger partial charge in [-0.3, -0.25) is 4.79 Å². The predicted octanol–water partition coefficient (Wildman–Crippen LogP) is 4.07. The van der Waals surface area contributed by atoms with E-state index in [1.807, 2.05) is 37.4 Å². The van der Waals surface area contributed by atoms with Crippen LogP contribution in [0.4, 0.5) is 27.9 Å². The largest absolute Gasteiger partial charge is 0.443 e. The van der Waals surface area contributed by atoms with Gasteiger partial charge in [0.15, 0.2) is 0 Å². The molecule has 0 saturated carbocycles. The van der Waals surface area contributed by atoms with Crippen LogP contribution in [0.2, 0.25) is 0 Å². The second-order valence-electron chi connectivity index (χ2n) is 11.2. The average Bonchev–Trinajstić information content (AvgIpc) is 3.27. The van der Waals surface area contributed by atoms with Crippen molar-refractivity contribution in [1.82, 2.24) is 24.8 Å². The molecule has 1 saturated heterocycles. The Kier molecular flexibility index (Phi) is 7.33. The van der Waals surface area contributed by atoms with Gasteiger partial charge in [0, 0.05) is 37.9 Å². The lowest BCUT2D eigenvalue weighted by Crippen LogP contribution is -2.44. The number of carbonyl (C=O) groups is 2. The summed E-state index contributed by atoms with van der Waals surface area (Å²) in [6.07, 6.45) is 3.52. The molecule has 2 aliphatic rings. The Labute approximate surface area is 234 Å². The lowest BCUT2D eigenvalue weighted by molar-refractivity contribution is 0.0248. The van der Waals surface area contributed by atoms with Gasteiger partial charge >= 0.3 is 6.09 Å². The second-order valence-corrected chi connectivity index (χ2v) is 11.2. The van der Waals surface area contributed by atoms with Gasteiger partial charge in [0.1, 0.15) is 11.4 Å². The number of rotatable bonds is 5. The van der Waals surface area contributed by atoms with Crippen LogP contribution in [0.25, 0.3) is 11.3 Å². The Morgan fingerprint density at radius 1 is 1.07 bits per heavy atom. The number of carbonyl (C=O) groups excluding carboxylic acids is 2. The molecule has 3 aromatic rings. The lowest BCUT2D eigenvalue weighted by atomic mass is 9.96. The Bertz CT molecular complexity index is 1430. The van der Waals surface area contributed by atoms with Crippen molar-refractivity contribution in [2.75, 3.05) is 49.2 Å². The highest BCUT2D eigenvalue weighted by Crippen LogP contribution is 2.39. The summed E-state index contributed by atoms with van der Waals surface area (Å²) in [6.45, 7) is 11.3. The molecule has 5 rings (SSSR count). The Morgan fingerprint density at radius 2 is 1.82 bits per heavy atom. The molecule has 3 N–H and O–H groups in total. The standard InChI is InChI=1S/C29H36N8O3/c1-6-18-15-32-27(30)34-25(18)20-8-9-22(24-21(20)17-37(26(24)38)28(39)40-29(2,3)4)33-23-10-7-19(16-31-23)36-13-11-35(5)12-14-36/h7-10,15-16H,6,11-14,17H2,1-5H3,(H,31,33)(H2,30,32,34). The van der Waals surface area contributed by atoms with E-state index in [-0.39, 0.29) is 12.5 Å². The minimum Gasteiger partial charge on any atom is -0.443 e. The molecule has 0 aliphatic carbocycles. The number of pyridine rings is 1. The molecule has 0 unspecified atom stereocenters. The smallest absolute Gasteiger partial charge is 0.417 e. The maximum absolute atomic E-state index is 13.7. The van der Waals surface area contributed by atoms with Crippen LogP contribution in [0, 0.1) is 0 Å². The molecule has 1 fully saturated rings. The molecule has 1 aromatic carbocycles. The predicted molar refractivity (Wildman–Crippen MR) is 155 cm³/mol. The van der Waals surface area contributed by atoms with Crippen molar-refractivity contribution in [1.29, 1.82) is 0 Å². The fourth-order valence-electron chi connectivity index (χ4n) is 4.97. The first-order valence-electron chi connectivity index (χ1n) is 13.5. The van der Waals surface area contributed by atoms with Crippen molar-refractivity contribution in [2.24, 2.45) is 0 Å². The number of nitrogen functional groups attached to an aromatic ring is 1. The molecular weight excluding hydrogens is 508 g/mol. The van der Waals surface area contributed by atoms with Crippen molar-refractivity contribution in [3.05, 3.63) is 53.3 Å². The molecule has 2 aromatic heterocycles. The molecule has 2 amide bonds. The summed E-state index contributed by atoms with van der Waals surface area (Å²) < 4.78 is 5.55. The van der Waals surface area contributed by atoms with Gasteiger partial charge in [-0.25, -0.2) is 24.6 Å². The number of benzene rings is 1. The van der Waals surface area contributed by atoms with Crippen molar-refractivity contribution in [3.8, 4) is 11.3 Å². The number of amides is 2. The second kappa shape index (κ2) is 10.7. The number of aromatic nitrogens is 3. The van der Waals surface area contributed by atoms with Crippen LogP contribution < -0.4 is 16.0 Å². The van der Waals surface area contributed by atoms with Gasteiger partial charge in [0.2, 0.25) is 5.95 Å². The fourth-order valence-corrected chi connectivity index (χ4v) is 4.97. The number of imide groups is 1. The average molecular weight is 545 g/mol.